The first-order valence-electron chi connectivity index (χ1n) is 5.56. The lowest BCUT2D eigenvalue weighted by molar-refractivity contribution is -0.123. The van der Waals surface area contributed by atoms with Gasteiger partial charge in [0, 0.05) is 30.9 Å². The van der Waals surface area contributed by atoms with Crippen LogP contribution in [0.25, 0.3) is 0 Å². The van der Waals surface area contributed by atoms with Crippen LogP contribution >= 0.6 is 11.6 Å². The molecule has 0 aromatic rings. The molecule has 0 aliphatic rings. The number of alkyl halides is 1. The van der Waals surface area contributed by atoms with Crippen molar-refractivity contribution in [3.8, 4) is 0 Å². The Kier molecular flexibility index (Phi) is 7.79. The van der Waals surface area contributed by atoms with Gasteiger partial charge in [0.2, 0.25) is 5.91 Å². The van der Waals surface area contributed by atoms with Crippen molar-refractivity contribution in [3.63, 3.8) is 0 Å². The van der Waals surface area contributed by atoms with Crippen LogP contribution in [0.15, 0.2) is 0 Å². The van der Waals surface area contributed by atoms with Crippen LogP contribution in [0.3, 0.4) is 0 Å². The number of hydrogen-bond donors (Lipinski definition) is 1. The number of carbonyl (C=O) groups is 1. The third kappa shape index (κ3) is 6.00. The molecule has 90 valence electrons. The number of nitrogens with one attached hydrogen (secondary N) is 1. The summed E-state index contributed by atoms with van der Waals surface area (Å²) in [6.07, 6.45) is 1.13. The van der Waals surface area contributed by atoms with Crippen LogP contribution in [0.5, 0.6) is 0 Å². The number of nitrogens with zero attached hydrogens (tertiary/aromatic N) is 1. The largest absolute Gasteiger partial charge is 0.355 e. The highest BCUT2D eigenvalue weighted by atomic mass is 35.5. The second-order valence-electron chi connectivity index (χ2n) is 4.08. The van der Waals surface area contributed by atoms with Gasteiger partial charge in [0.15, 0.2) is 0 Å². The van der Waals surface area contributed by atoms with E-state index in [1.807, 2.05) is 6.92 Å². The molecule has 0 heterocycles. The molecule has 0 bridgehead atoms. The lowest BCUT2D eigenvalue weighted by atomic mass is 10.2. The highest BCUT2D eigenvalue weighted by Crippen LogP contribution is 1.99. The van der Waals surface area contributed by atoms with E-state index in [4.69, 9.17) is 11.6 Å². The van der Waals surface area contributed by atoms with Crippen molar-refractivity contribution < 1.29 is 4.79 Å². The fraction of sp³-hybridized carbons (Fsp3) is 0.909. The minimum atomic E-state index is -0.0967. The molecule has 0 aromatic heterocycles. The molecule has 0 aliphatic carbocycles. The second kappa shape index (κ2) is 7.94. The summed E-state index contributed by atoms with van der Waals surface area (Å²) in [6.45, 7) is 7.76. The number of rotatable bonds is 7. The number of carbonyl (C=O) groups excluding carboxylic acids is 1. The van der Waals surface area contributed by atoms with Gasteiger partial charge in [-0.2, -0.15) is 0 Å². The number of likely N-dealkylation sites (N-methyl/N-ethyl adjacent to an activating group) is 1. The minimum absolute atomic E-state index is 0.0440. The van der Waals surface area contributed by atoms with Gasteiger partial charge in [-0.25, -0.2) is 0 Å². The molecule has 0 rings (SSSR count). The Balaban J connectivity index is 3.65. The first-order valence-corrected chi connectivity index (χ1v) is 6.10. The minimum Gasteiger partial charge on any atom is -0.355 e. The van der Waals surface area contributed by atoms with Gasteiger partial charge in [0.05, 0.1) is 0 Å². The van der Waals surface area contributed by atoms with Crippen LogP contribution in [-0.2, 0) is 4.79 Å². The topological polar surface area (TPSA) is 32.3 Å². The zero-order chi connectivity index (χ0) is 11.8. The number of amides is 1. The van der Waals surface area contributed by atoms with Crippen LogP contribution in [0.4, 0.5) is 0 Å². The molecule has 2 unspecified atom stereocenters. The monoisotopic (exact) mass is 234 g/mol. The Labute approximate surface area is 98.2 Å². The Morgan fingerprint density at radius 3 is 2.53 bits per heavy atom. The van der Waals surface area contributed by atoms with Crippen molar-refractivity contribution >= 4 is 17.5 Å². The van der Waals surface area contributed by atoms with Gasteiger partial charge in [0.25, 0.3) is 0 Å². The maximum absolute atomic E-state index is 11.4. The summed E-state index contributed by atoms with van der Waals surface area (Å²) in [4.78, 5) is 13.6. The van der Waals surface area contributed by atoms with E-state index < -0.39 is 0 Å². The van der Waals surface area contributed by atoms with E-state index in [2.05, 4.69) is 31.1 Å². The lowest BCUT2D eigenvalue weighted by Gasteiger charge is -2.23. The van der Waals surface area contributed by atoms with E-state index in [1.54, 1.807) is 0 Å². The number of halogens is 1. The average Bonchev–Trinajstić information content (AvgIpc) is 2.26. The predicted molar refractivity (Wildman–Crippen MR) is 65.3 cm³/mol. The molecule has 0 saturated carbocycles. The molecule has 0 spiro atoms. The van der Waals surface area contributed by atoms with E-state index >= 15 is 0 Å². The van der Waals surface area contributed by atoms with Crippen molar-refractivity contribution in [2.24, 2.45) is 5.92 Å². The number of hydrogen-bond acceptors (Lipinski definition) is 2. The molecule has 0 aromatic carbocycles. The molecule has 3 nitrogen and oxygen atoms in total. The van der Waals surface area contributed by atoms with Crippen LogP contribution in [-0.4, -0.2) is 42.9 Å². The second-order valence-corrected chi connectivity index (χ2v) is 4.39. The van der Waals surface area contributed by atoms with Crippen molar-refractivity contribution in [1.82, 2.24) is 10.2 Å². The molecule has 1 amide bonds. The quantitative estimate of drug-likeness (QED) is 0.681. The molecule has 1 N–H and O–H groups in total. The van der Waals surface area contributed by atoms with Crippen molar-refractivity contribution in [2.75, 3.05) is 26.0 Å². The Morgan fingerprint density at radius 1 is 1.47 bits per heavy atom. The van der Waals surface area contributed by atoms with Gasteiger partial charge >= 0.3 is 0 Å². The zero-order valence-corrected chi connectivity index (χ0v) is 11.0. The van der Waals surface area contributed by atoms with Crippen molar-refractivity contribution in [2.45, 2.75) is 33.2 Å². The molecule has 4 heteroatoms. The van der Waals surface area contributed by atoms with E-state index in [1.165, 1.54) is 0 Å². The molecule has 0 saturated heterocycles. The molecule has 0 aliphatic heterocycles. The summed E-state index contributed by atoms with van der Waals surface area (Å²) in [7, 11) is 2.07. The Hall–Kier alpha value is -0.280. The van der Waals surface area contributed by atoms with E-state index in [-0.39, 0.29) is 11.8 Å². The fourth-order valence-electron chi connectivity index (χ4n) is 1.13. The van der Waals surface area contributed by atoms with Crippen LogP contribution < -0.4 is 5.32 Å². The van der Waals surface area contributed by atoms with Crippen molar-refractivity contribution in [3.05, 3.63) is 0 Å². The Bertz CT molecular complexity index is 187. The van der Waals surface area contributed by atoms with E-state index in [0.717, 1.165) is 13.0 Å². The summed E-state index contributed by atoms with van der Waals surface area (Å²) in [5, 5.41) is 2.88. The molecule has 0 radical (unpaired) electrons. The van der Waals surface area contributed by atoms with Gasteiger partial charge in [-0.3, -0.25) is 4.79 Å². The molecule has 0 fully saturated rings. The molecule has 2 atom stereocenters. The van der Waals surface area contributed by atoms with Crippen LogP contribution in [0, 0.1) is 5.92 Å². The summed E-state index contributed by atoms with van der Waals surface area (Å²) in [5.74, 6) is 0.329. The molecule has 15 heavy (non-hydrogen) atoms. The summed E-state index contributed by atoms with van der Waals surface area (Å²) in [5.41, 5.74) is 0. The van der Waals surface area contributed by atoms with Gasteiger partial charge in [-0.15, -0.1) is 11.6 Å². The molecular formula is C11H23ClN2O. The summed E-state index contributed by atoms with van der Waals surface area (Å²) in [6, 6.07) is 0.562. The van der Waals surface area contributed by atoms with Gasteiger partial charge in [-0.1, -0.05) is 13.8 Å². The van der Waals surface area contributed by atoms with Gasteiger partial charge < -0.3 is 10.2 Å². The first kappa shape index (κ1) is 14.7. The standard InChI is InChI=1S/C11H23ClN2O/c1-5-10(3)14(4)7-6-13-11(15)9(2)8-12/h9-10H,5-8H2,1-4H3,(H,13,15). The lowest BCUT2D eigenvalue weighted by Crippen LogP contribution is -2.39. The Morgan fingerprint density at radius 2 is 2.07 bits per heavy atom. The van der Waals surface area contributed by atoms with Gasteiger partial charge in [0.1, 0.15) is 0 Å². The maximum atomic E-state index is 11.4. The maximum Gasteiger partial charge on any atom is 0.224 e. The third-order valence-electron chi connectivity index (χ3n) is 2.79. The summed E-state index contributed by atoms with van der Waals surface area (Å²) >= 11 is 5.59. The zero-order valence-electron chi connectivity index (χ0n) is 10.2. The van der Waals surface area contributed by atoms with E-state index in [0.29, 0.717) is 18.5 Å². The van der Waals surface area contributed by atoms with Gasteiger partial charge in [-0.05, 0) is 20.4 Å². The van der Waals surface area contributed by atoms with Crippen LogP contribution in [0.1, 0.15) is 27.2 Å². The SMILES string of the molecule is CCC(C)N(C)CCNC(=O)C(C)CCl. The van der Waals surface area contributed by atoms with E-state index in [9.17, 15) is 4.79 Å². The summed E-state index contributed by atoms with van der Waals surface area (Å²) < 4.78 is 0. The highest BCUT2D eigenvalue weighted by molar-refractivity contribution is 6.19. The highest BCUT2D eigenvalue weighted by Gasteiger charge is 2.11. The first-order chi connectivity index (χ1) is 7.02. The van der Waals surface area contributed by atoms with Crippen molar-refractivity contribution in [1.29, 1.82) is 0 Å². The van der Waals surface area contributed by atoms with Crippen LogP contribution in [0.2, 0.25) is 0 Å². The normalized spacial score (nSPS) is 15.1. The predicted octanol–water partition coefficient (Wildman–Crippen LogP) is 1.71. The average molecular weight is 235 g/mol. The fourth-order valence-corrected chi connectivity index (χ4v) is 1.27. The molecular weight excluding hydrogens is 212 g/mol. The third-order valence-corrected chi connectivity index (χ3v) is 3.25. The smallest absolute Gasteiger partial charge is 0.224 e.